The lowest BCUT2D eigenvalue weighted by atomic mass is 10.0. The molecular weight excluding hydrogens is 366 g/mol. The van der Waals surface area contributed by atoms with Crippen molar-refractivity contribution in [3.63, 3.8) is 0 Å². The van der Waals surface area contributed by atoms with Crippen LogP contribution in [0.2, 0.25) is 5.02 Å². The number of hydrogen-bond donors (Lipinski definition) is 0. The van der Waals surface area contributed by atoms with Crippen LogP contribution in [0.1, 0.15) is 16.0 Å². The second-order valence-corrected chi connectivity index (χ2v) is 5.56. The molecule has 0 N–H and O–H groups in total. The van der Waals surface area contributed by atoms with E-state index >= 15 is 0 Å². The minimum atomic E-state index is -0.698. The second-order valence-electron chi connectivity index (χ2n) is 4.23. The number of benzene rings is 2. The Balaban J connectivity index is 2.53. The lowest BCUT2D eigenvalue weighted by Gasteiger charge is -2.16. The molecule has 112 valence electrons. The van der Waals surface area contributed by atoms with Gasteiger partial charge in [0.05, 0.1) is 24.1 Å². The predicted octanol–water partition coefficient (Wildman–Crippen LogP) is 5.12. The Labute approximate surface area is 134 Å². The molecule has 0 aliphatic carbocycles. The summed E-state index contributed by atoms with van der Waals surface area (Å²) in [6.07, 6.45) is 0. The number of alkyl halides is 1. The lowest BCUT2D eigenvalue weighted by Crippen LogP contribution is -2.02. The molecule has 0 fully saturated rings. The molecule has 1 unspecified atom stereocenters. The summed E-state index contributed by atoms with van der Waals surface area (Å²) in [7, 11) is 2.86. The Morgan fingerprint density at radius 2 is 1.67 bits per heavy atom. The van der Waals surface area contributed by atoms with Crippen LogP contribution in [0.15, 0.2) is 30.3 Å². The zero-order valence-electron chi connectivity index (χ0n) is 11.3. The standard InChI is InChI=1S/C15H12BrClF2O2/c1-20-12-6-9(11(18)7-13(12)21-2)14(16)8-4-3-5-10(17)15(8)19/h3-7,14H,1-2H3. The van der Waals surface area contributed by atoms with Gasteiger partial charge >= 0.3 is 0 Å². The summed E-state index contributed by atoms with van der Waals surface area (Å²) >= 11 is 9.06. The van der Waals surface area contributed by atoms with E-state index in [1.807, 2.05) is 0 Å². The number of methoxy groups -OCH3 is 2. The van der Waals surface area contributed by atoms with Crippen LogP contribution in [0.4, 0.5) is 8.78 Å². The van der Waals surface area contributed by atoms with Gasteiger partial charge in [-0.3, -0.25) is 0 Å². The van der Waals surface area contributed by atoms with Gasteiger partial charge in [0.25, 0.3) is 0 Å². The Kier molecular flexibility index (Phi) is 5.06. The molecule has 0 bridgehead atoms. The highest BCUT2D eigenvalue weighted by Gasteiger charge is 2.22. The summed E-state index contributed by atoms with van der Waals surface area (Å²) in [6.45, 7) is 0. The van der Waals surface area contributed by atoms with Gasteiger partial charge in [-0.05, 0) is 12.1 Å². The third-order valence-electron chi connectivity index (χ3n) is 3.03. The molecule has 2 aromatic rings. The third-order valence-corrected chi connectivity index (χ3v) is 4.31. The highest BCUT2D eigenvalue weighted by Crippen LogP contribution is 2.40. The first-order valence-corrected chi connectivity index (χ1v) is 7.28. The molecule has 0 radical (unpaired) electrons. The Morgan fingerprint density at radius 1 is 1.05 bits per heavy atom. The molecule has 0 spiro atoms. The van der Waals surface area contributed by atoms with Gasteiger partial charge in [0, 0.05) is 17.2 Å². The molecule has 2 nitrogen and oxygen atoms in total. The first-order chi connectivity index (χ1) is 9.99. The molecule has 2 aromatic carbocycles. The van der Waals surface area contributed by atoms with Gasteiger partial charge in [-0.2, -0.15) is 0 Å². The van der Waals surface area contributed by atoms with Gasteiger partial charge < -0.3 is 9.47 Å². The zero-order chi connectivity index (χ0) is 15.6. The van der Waals surface area contributed by atoms with Crippen LogP contribution in [0.5, 0.6) is 11.5 Å². The fourth-order valence-electron chi connectivity index (χ4n) is 1.95. The maximum Gasteiger partial charge on any atom is 0.163 e. The van der Waals surface area contributed by atoms with Crippen LogP contribution in [-0.4, -0.2) is 14.2 Å². The van der Waals surface area contributed by atoms with Crippen LogP contribution < -0.4 is 9.47 Å². The quantitative estimate of drug-likeness (QED) is 0.689. The van der Waals surface area contributed by atoms with Gasteiger partial charge in [0.1, 0.15) is 11.6 Å². The molecule has 0 aliphatic heterocycles. The predicted molar refractivity (Wildman–Crippen MR) is 81.7 cm³/mol. The maximum atomic E-state index is 14.2. The van der Waals surface area contributed by atoms with E-state index < -0.39 is 16.5 Å². The van der Waals surface area contributed by atoms with E-state index in [4.69, 9.17) is 21.1 Å². The molecule has 0 aromatic heterocycles. The zero-order valence-corrected chi connectivity index (χ0v) is 13.6. The highest BCUT2D eigenvalue weighted by molar-refractivity contribution is 9.09. The average Bonchev–Trinajstić information content (AvgIpc) is 2.49. The van der Waals surface area contributed by atoms with Crippen molar-refractivity contribution in [3.05, 3.63) is 58.1 Å². The molecule has 1 atom stereocenters. The van der Waals surface area contributed by atoms with Crippen LogP contribution in [0.25, 0.3) is 0 Å². The molecular formula is C15H12BrClF2O2. The van der Waals surface area contributed by atoms with Gasteiger partial charge in [-0.1, -0.05) is 39.7 Å². The summed E-state index contributed by atoms with van der Waals surface area (Å²) in [5.74, 6) is -0.491. The first-order valence-electron chi connectivity index (χ1n) is 5.99. The first kappa shape index (κ1) is 16.0. The Morgan fingerprint density at radius 3 is 2.29 bits per heavy atom. The molecule has 0 heterocycles. The van der Waals surface area contributed by atoms with Crippen LogP contribution >= 0.6 is 27.5 Å². The van der Waals surface area contributed by atoms with Crippen molar-refractivity contribution in [2.45, 2.75) is 4.83 Å². The van der Waals surface area contributed by atoms with Crippen molar-refractivity contribution < 1.29 is 18.3 Å². The smallest absolute Gasteiger partial charge is 0.163 e. The molecule has 0 saturated carbocycles. The Hall–Kier alpha value is -1.33. The summed E-state index contributed by atoms with van der Waals surface area (Å²) in [5.41, 5.74) is 0.474. The summed E-state index contributed by atoms with van der Waals surface area (Å²) in [4.78, 5) is -0.698. The van der Waals surface area contributed by atoms with Gasteiger partial charge in [0.15, 0.2) is 11.5 Å². The number of ether oxygens (including phenoxy) is 2. The van der Waals surface area contributed by atoms with E-state index in [1.165, 1.54) is 38.5 Å². The fraction of sp³-hybridized carbons (Fsp3) is 0.200. The molecule has 0 saturated heterocycles. The lowest BCUT2D eigenvalue weighted by molar-refractivity contribution is 0.351. The van der Waals surface area contributed by atoms with Crippen LogP contribution in [0.3, 0.4) is 0 Å². The summed E-state index contributed by atoms with van der Waals surface area (Å²) < 4.78 is 38.4. The SMILES string of the molecule is COc1cc(F)c(C(Br)c2cccc(Cl)c2F)cc1OC. The van der Waals surface area contributed by atoms with Crippen LogP contribution in [-0.2, 0) is 0 Å². The van der Waals surface area contributed by atoms with E-state index in [1.54, 1.807) is 6.07 Å². The third kappa shape index (κ3) is 3.14. The number of halogens is 4. The molecule has 0 amide bonds. The Bertz CT molecular complexity index is 664. The van der Waals surface area contributed by atoms with E-state index in [0.29, 0.717) is 5.75 Å². The number of hydrogen-bond acceptors (Lipinski definition) is 2. The molecule has 21 heavy (non-hydrogen) atoms. The minimum absolute atomic E-state index is 0.0159. The number of rotatable bonds is 4. The van der Waals surface area contributed by atoms with Crippen molar-refractivity contribution in [2.75, 3.05) is 14.2 Å². The molecule has 6 heteroatoms. The van der Waals surface area contributed by atoms with E-state index in [2.05, 4.69) is 15.9 Å². The topological polar surface area (TPSA) is 18.5 Å². The van der Waals surface area contributed by atoms with Crippen molar-refractivity contribution in [2.24, 2.45) is 0 Å². The van der Waals surface area contributed by atoms with Gasteiger partial charge in [-0.15, -0.1) is 0 Å². The van der Waals surface area contributed by atoms with E-state index in [9.17, 15) is 8.78 Å². The largest absolute Gasteiger partial charge is 0.493 e. The summed E-state index contributed by atoms with van der Waals surface area (Å²) in [6, 6.07) is 7.24. The average molecular weight is 378 g/mol. The van der Waals surface area contributed by atoms with Crippen molar-refractivity contribution >= 4 is 27.5 Å². The summed E-state index contributed by atoms with van der Waals surface area (Å²) in [5, 5.41) is -0.0159. The maximum absolute atomic E-state index is 14.2. The fourth-order valence-corrected chi connectivity index (χ4v) is 2.83. The van der Waals surface area contributed by atoms with Crippen LogP contribution in [0, 0.1) is 11.6 Å². The van der Waals surface area contributed by atoms with Gasteiger partial charge in [0.2, 0.25) is 0 Å². The highest BCUT2D eigenvalue weighted by atomic mass is 79.9. The normalized spacial score (nSPS) is 12.1. The second kappa shape index (κ2) is 6.62. The van der Waals surface area contributed by atoms with Crippen molar-refractivity contribution in [1.82, 2.24) is 0 Å². The minimum Gasteiger partial charge on any atom is -0.493 e. The van der Waals surface area contributed by atoms with Crippen molar-refractivity contribution in [3.8, 4) is 11.5 Å². The molecule has 0 aliphatic rings. The van der Waals surface area contributed by atoms with E-state index in [0.717, 1.165) is 0 Å². The molecule has 2 rings (SSSR count). The van der Waals surface area contributed by atoms with Gasteiger partial charge in [-0.25, -0.2) is 8.78 Å². The van der Waals surface area contributed by atoms with Crippen molar-refractivity contribution in [1.29, 1.82) is 0 Å². The van der Waals surface area contributed by atoms with E-state index in [-0.39, 0.29) is 21.9 Å². The monoisotopic (exact) mass is 376 g/mol.